The van der Waals surface area contributed by atoms with Crippen LogP contribution >= 0.6 is 0 Å². The Bertz CT molecular complexity index is 499. The minimum atomic E-state index is -4.63. The first-order chi connectivity index (χ1) is 8.21. The zero-order valence-corrected chi connectivity index (χ0v) is 14.6. The van der Waals surface area contributed by atoms with Crippen molar-refractivity contribution in [2.75, 3.05) is 0 Å². The Morgan fingerprint density at radius 1 is 1.21 bits per heavy atom. The van der Waals surface area contributed by atoms with Gasteiger partial charge in [0.25, 0.3) is 0 Å². The summed E-state index contributed by atoms with van der Waals surface area (Å²) in [6, 6.07) is 7.76. The van der Waals surface area contributed by atoms with Crippen molar-refractivity contribution >= 4 is 10.1 Å². The van der Waals surface area contributed by atoms with Crippen LogP contribution in [0.15, 0.2) is 24.3 Å². The third-order valence-electron chi connectivity index (χ3n) is 3.03. The molecule has 0 aliphatic carbocycles. The van der Waals surface area contributed by atoms with Gasteiger partial charge in [0, 0.05) is 0 Å². The Morgan fingerprint density at radius 2 is 1.74 bits per heavy atom. The van der Waals surface area contributed by atoms with Crippen LogP contribution < -0.4 is 29.6 Å². The van der Waals surface area contributed by atoms with Crippen LogP contribution in [-0.4, -0.2) is 23.5 Å². The van der Waals surface area contributed by atoms with Gasteiger partial charge in [-0.2, -0.15) is 0 Å². The van der Waals surface area contributed by atoms with E-state index in [1.807, 2.05) is 24.3 Å². The standard InChI is InChI=1S/C13H20O4S.Na/c1-9(2)11-5-4-6-12(8-11)10(3)7-13(14)18(15,16)17;/h4-6,8-10,13-14H,7H2,1-3H3,(H,15,16,17);/q;+1/p-1. The van der Waals surface area contributed by atoms with Crippen molar-refractivity contribution in [1.29, 1.82) is 0 Å². The topological polar surface area (TPSA) is 77.4 Å². The third kappa shape index (κ3) is 5.94. The van der Waals surface area contributed by atoms with E-state index < -0.39 is 15.6 Å². The molecule has 2 atom stereocenters. The summed E-state index contributed by atoms with van der Waals surface area (Å²) in [4.78, 5) is 0. The first-order valence-corrected chi connectivity index (χ1v) is 7.41. The van der Waals surface area contributed by atoms with E-state index in [1.54, 1.807) is 6.92 Å². The third-order valence-corrected chi connectivity index (χ3v) is 3.89. The summed E-state index contributed by atoms with van der Waals surface area (Å²) in [7, 11) is -4.63. The van der Waals surface area contributed by atoms with Crippen LogP contribution in [0.2, 0.25) is 0 Å². The van der Waals surface area contributed by atoms with E-state index >= 15 is 0 Å². The molecule has 0 saturated heterocycles. The number of aliphatic hydroxyl groups is 1. The molecule has 0 aromatic heterocycles. The molecule has 0 amide bonds. The van der Waals surface area contributed by atoms with Gasteiger partial charge in [-0.05, 0) is 29.4 Å². The molecule has 1 aromatic rings. The first-order valence-electron chi connectivity index (χ1n) is 5.94. The number of aliphatic hydroxyl groups excluding tert-OH is 1. The molecule has 0 heterocycles. The fourth-order valence-corrected chi connectivity index (χ4v) is 2.31. The zero-order chi connectivity index (χ0) is 13.9. The fourth-order valence-electron chi connectivity index (χ4n) is 1.78. The summed E-state index contributed by atoms with van der Waals surface area (Å²) < 4.78 is 32.0. The maximum atomic E-state index is 10.7. The average molecular weight is 294 g/mol. The normalized spacial score (nSPS) is 14.8. The second kappa shape index (κ2) is 7.76. The molecule has 102 valence electrons. The van der Waals surface area contributed by atoms with Crippen LogP contribution in [0, 0.1) is 0 Å². The Labute approximate surface area is 137 Å². The van der Waals surface area contributed by atoms with E-state index in [-0.39, 0.29) is 41.9 Å². The Balaban J connectivity index is 0.00000324. The van der Waals surface area contributed by atoms with Crippen LogP contribution in [0.5, 0.6) is 0 Å². The molecule has 0 aliphatic heterocycles. The van der Waals surface area contributed by atoms with Gasteiger partial charge >= 0.3 is 29.6 Å². The van der Waals surface area contributed by atoms with E-state index in [0.29, 0.717) is 5.92 Å². The maximum absolute atomic E-state index is 10.7. The largest absolute Gasteiger partial charge is 1.00 e. The van der Waals surface area contributed by atoms with Crippen molar-refractivity contribution in [3.63, 3.8) is 0 Å². The molecule has 0 fully saturated rings. The van der Waals surface area contributed by atoms with E-state index in [2.05, 4.69) is 13.8 Å². The van der Waals surface area contributed by atoms with Crippen LogP contribution in [0.4, 0.5) is 0 Å². The fraction of sp³-hybridized carbons (Fsp3) is 0.538. The molecule has 0 saturated carbocycles. The van der Waals surface area contributed by atoms with Crippen LogP contribution in [-0.2, 0) is 10.1 Å². The molecule has 0 radical (unpaired) electrons. The van der Waals surface area contributed by atoms with Crippen molar-refractivity contribution in [1.82, 2.24) is 0 Å². The molecule has 2 unspecified atom stereocenters. The van der Waals surface area contributed by atoms with E-state index in [1.165, 1.54) is 0 Å². The molecular weight excluding hydrogens is 275 g/mol. The summed E-state index contributed by atoms with van der Waals surface area (Å²) in [5.41, 5.74) is 0.248. The van der Waals surface area contributed by atoms with Crippen molar-refractivity contribution in [3.05, 3.63) is 35.4 Å². The summed E-state index contributed by atoms with van der Waals surface area (Å²) in [5, 5.41) is 9.30. The average Bonchev–Trinajstić information content (AvgIpc) is 2.27. The van der Waals surface area contributed by atoms with Crippen LogP contribution in [0.3, 0.4) is 0 Å². The molecule has 0 aliphatic rings. The molecular formula is C13H19NaO4S. The van der Waals surface area contributed by atoms with Crippen molar-refractivity contribution in [2.24, 2.45) is 0 Å². The van der Waals surface area contributed by atoms with Gasteiger partial charge in [0.2, 0.25) is 0 Å². The number of hydrogen-bond acceptors (Lipinski definition) is 4. The van der Waals surface area contributed by atoms with Gasteiger partial charge in [0.15, 0.2) is 0 Å². The van der Waals surface area contributed by atoms with Crippen LogP contribution in [0.25, 0.3) is 0 Å². The van der Waals surface area contributed by atoms with Gasteiger partial charge in [-0.25, -0.2) is 8.42 Å². The van der Waals surface area contributed by atoms with Crippen molar-refractivity contribution < 1.29 is 47.6 Å². The minimum Gasteiger partial charge on any atom is -0.746 e. The van der Waals surface area contributed by atoms with Gasteiger partial charge in [-0.3, -0.25) is 0 Å². The molecule has 4 nitrogen and oxygen atoms in total. The molecule has 19 heavy (non-hydrogen) atoms. The Morgan fingerprint density at radius 3 is 2.21 bits per heavy atom. The van der Waals surface area contributed by atoms with E-state index in [4.69, 9.17) is 0 Å². The first kappa shape index (κ1) is 19.1. The van der Waals surface area contributed by atoms with Gasteiger partial charge in [-0.15, -0.1) is 0 Å². The number of hydrogen-bond donors (Lipinski definition) is 1. The SMILES string of the molecule is CC(C)c1cccc(C(C)CC(O)S(=O)(=O)[O-])c1.[Na+]. The monoisotopic (exact) mass is 294 g/mol. The van der Waals surface area contributed by atoms with Crippen molar-refractivity contribution in [3.8, 4) is 0 Å². The van der Waals surface area contributed by atoms with E-state index in [0.717, 1.165) is 11.1 Å². The van der Waals surface area contributed by atoms with Gasteiger partial charge < -0.3 is 9.66 Å². The van der Waals surface area contributed by atoms with E-state index in [9.17, 15) is 18.1 Å². The molecule has 1 aromatic carbocycles. The maximum Gasteiger partial charge on any atom is 1.00 e. The predicted octanol–water partition coefficient (Wildman–Crippen LogP) is -0.829. The Hall–Kier alpha value is 0.0900. The summed E-state index contributed by atoms with van der Waals surface area (Å²) >= 11 is 0. The molecule has 1 N–H and O–H groups in total. The molecule has 0 bridgehead atoms. The quantitative estimate of drug-likeness (QED) is 0.568. The second-order valence-corrected chi connectivity index (χ2v) is 6.44. The Kier molecular flexibility index (Phi) is 7.80. The molecule has 1 rings (SSSR count). The van der Waals surface area contributed by atoms with Gasteiger partial charge in [0.05, 0.1) is 0 Å². The zero-order valence-electron chi connectivity index (χ0n) is 11.8. The molecule has 6 heteroatoms. The predicted molar refractivity (Wildman–Crippen MR) is 69.3 cm³/mol. The summed E-state index contributed by atoms with van der Waals surface area (Å²) in [6.07, 6.45) is -0.0760. The second-order valence-electron chi connectivity index (χ2n) is 4.91. The minimum absolute atomic E-state index is 0. The molecule has 0 spiro atoms. The number of rotatable bonds is 5. The van der Waals surface area contributed by atoms with Crippen molar-refractivity contribution in [2.45, 2.75) is 44.5 Å². The summed E-state index contributed by atoms with van der Waals surface area (Å²) in [6.45, 7) is 5.94. The smallest absolute Gasteiger partial charge is 0.746 e. The van der Waals surface area contributed by atoms with Crippen LogP contribution in [0.1, 0.15) is 50.2 Å². The number of benzene rings is 1. The van der Waals surface area contributed by atoms with Gasteiger partial charge in [0.1, 0.15) is 15.6 Å². The van der Waals surface area contributed by atoms with Gasteiger partial charge in [-0.1, -0.05) is 45.0 Å². The summed E-state index contributed by atoms with van der Waals surface area (Å²) in [5.74, 6) is 0.202.